The van der Waals surface area contributed by atoms with Crippen LogP contribution in [0.15, 0.2) is 54.4 Å². The number of rotatable bonds is 4. The van der Waals surface area contributed by atoms with Gasteiger partial charge in [-0.3, -0.25) is 14.5 Å². The molecule has 1 aromatic rings. The van der Waals surface area contributed by atoms with E-state index in [2.05, 4.69) is 49.2 Å². The van der Waals surface area contributed by atoms with Crippen molar-refractivity contribution in [2.45, 2.75) is 44.6 Å². The van der Waals surface area contributed by atoms with Crippen molar-refractivity contribution >= 4 is 12.0 Å². The second-order valence-electron chi connectivity index (χ2n) is 9.50. The van der Waals surface area contributed by atoms with Gasteiger partial charge >= 0.3 is 6.09 Å². The van der Waals surface area contributed by atoms with Crippen molar-refractivity contribution in [3.8, 4) is 0 Å². The summed E-state index contributed by atoms with van der Waals surface area (Å²) in [4.78, 5) is 37.0. The van der Waals surface area contributed by atoms with Gasteiger partial charge in [-0.2, -0.15) is 0 Å². The number of nitrogens with zero attached hydrogens (tertiary/aromatic N) is 4. The fourth-order valence-electron chi connectivity index (χ4n) is 6.17. The van der Waals surface area contributed by atoms with E-state index in [4.69, 9.17) is 4.84 Å². The van der Waals surface area contributed by atoms with E-state index >= 15 is 0 Å². The molecule has 3 heterocycles. The number of allylic oxidation sites excluding steroid dienone is 1. The van der Waals surface area contributed by atoms with Gasteiger partial charge in [0.1, 0.15) is 18.8 Å². The van der Waals surface area contributed by atoms with Crippen molar-refractivity contribution in [3.63, 3.8) is 0 Å². The number of fused-ring (bicyclic) bond motifs is 3. The van der Waals surface area contributed by atoms with Crippen LogP contribution in [0.3, 0.4) is 0 Å². The van der Waals surface area contributed by atoms with E-state index < -0.39 is 12.1 Å². The normalized spacial score (nSPS) is 33.4. The van der Waals surface area contributed by atoms with Gasteiger partial charge in [-0.1, -0.05) is 49.4 Å². The Morgan fingerprint density at radius 1 is 1.28 bits per heavy atom. The number of hydrogen-bond acceptors (Lipinski definition) is 5. The largest absolute Gasteiger partial charge is 0.465 e. The molecule has 0 aromatic heterocycles. The minimum Gasteiger partial charge on any atom is -0.465 e. The molecule has 0 spiro atoms. The summed E-state index contributed by atoms with van der Waals surface area (Å²) in [6.45, 7) is 2.61. The quantitative estimate of drug-likeness (QED) is 0.779. The maximum atomic E-state index is 13.1. The average molecular weight is 439 g/mol. The van der Waals surface area contributed by atoms with Crippen molar-refractivity contribution in [2.75, 3.05) is 20.7 Å². The van der Waals surface area contributed by atoms with Gasteiger partial charge in [0, 0.05) is 37.2 Å². The van der Waals surface area contributed by atoms with E-state index in [1.54, 1.807) is 0 Å². The van der Waals surface area contributed by atoms with Gasteiger partial charge in [0.05, 0.1) is 6.54 Å². The molecule has 32 heavy (non-hydrogen) atoms. The lowest BCUT2D eigenvalue weighted by Gasteiger charge is -2.39. The minimum absolute atomic E-state index is 0.0537. The van der Waals surface area contributed by atoms with Crippen molar-refractivity contribution in [2.24, 2.45) is 11.3 Å². The highest BCUT2D eigenvalue weighted by molar-refractivity contribution is 5.86. The van der Waals surface area contributed by atoms with E-state index in [0.29, 0.717) is 19.4 Å². The third kappa shape index (κ3) is 3.08. The van der Waals surface area contributed by atoms with Gasteiger partial charge in [0.25, 0.3) is 5.91 Å². The third-order valence-corrected chi connectivity index (χ3v) is 7.64. The van der Waals surface area contributed by atoms with Crippen LogP contribution in [-0.4, -0.2) is 75.8 Å². The molecule has 2 amide bonds. The third-order valence-electron chi connectivity index (χ3n) is 7.64. The number of amides is 2. The zero-order chi connectivity index (χ0) is 22.6. The Bertz CT molecular complexity index is 979. The molecule has 5 atom stereocenters. The van der Waals surface area contributed by atoms with Crippen LogP contribution in [0, 0.1) is 11.3 Å². The molecular formula is C24H30N4O4. The average Bonchev–Trinajstić information content (AvgIpc) is 3.35. The van der Waals surface area contributed by atoms with E-state index in [-0.39, 0.29) is 36.1 Å². The first-order valence-electron chi connectivity index (χ1n) is 11.1. The van der Waals surface area contributed by atoms with Gasteiger partial charge in [-0.15, -0.1) is 0 Å². The maximum Gasteiger partial charge on any atom is 0.408 e. The molecule has 2 fully saturated rings. The summed E-state index contributed by atoms with van der Waals surface area (Å²) in [7, 11) is 4.20. The zero-order valence-electron chi connectivity index (χ0n) is 18.7. The van der Waals surface area contributed by atoms with Crippen molar-refractivity contribution < 1.29 is 19.5 Å². The van der Waals surface area contributed by atoms with Crippen LogP contribution in [0.25, 0.3) is 0 Å². The Labute approximate surface area is 188 Å². The summed E-state index contributed by atoms with van der Waals surface area (Å²) in [5.74, 6) is -0.0868. The van der Waals surface area contributed by atoms with Gasteiger partial charge in [0.2, 0.25) is 0 Å². The highest BCUT2D eigenvalue weighted by Crippen LogP contribution is 2.55. The number of hydrogen-bond donors (Lipinski definition) is 1. The van der Waals surface area contributed by atoms with Gasteiger partial charge < -0.3 is 14.9 Å². The smallest absolute Gasteiger partial charge is 0.408 e. The number of carboxylic acid groups (broad SMARTS) is 1. The van der Waals surface area contributed by atoms with Crippen molar-refractivity contribution in [1.82, 2.24) is 19.8 Å². The van der Waals surface area contributed by atoms with Crippen molar-refractivity contribution in [3.05, 3.63) is 59.9 Å². The molecule has 2 saturated heterocycles. The molecule has 0 radical (unpaired) electrons. The molecule has 4 unspecified atom stereocenters. The number of hydroxylamine groups is 2. The molecule has 170 valence electrons. The number of carbonyl (C=O) groups is 2. The van der Waals surface area contributed by atoms with Crippen LogP contribution in [0.5, 0.6) is 0 Å². The van der Waals surface area contributed by atoms with Crippen LogP contribution in [0.2, 0.25) is 0 Å². The Morgan fingerprint density at radius 3 is 2.75 bits per heavy atom. The molecule has 0 saturated carbocycles. The van der Waals surface area contributed by atoms with Gasteiger partial charge in [0.15, 0.2) is 0 Å². The molecule has 3 aliphatic heterocycles. The topological polar surface area (TPSA) is 76.6 Å². The predicted molar refractivity (Wildman–Crippen MR) is 118 cm³/mol. The summed E-state index contributed by atoms with van der Waals surface area (Å²) >= 11 is 0. The second-order valence-corrected chi connectivity index (χ2v) is 9.50. The molecule has 8 nitrogen and oxygen atoms in total. The first-order chi connectivity index (χ1) is 15.3. The molecule has 8 heteroatoms. The van der Waals surface area contributed by atoms with Crippen molar-refractivity contribution in [1.29, 1.82) is 0 Å². The van der Waals surface area contributed by atoms with E-state index in [0.717, 1.165) is 5.56 Å². The van der Waals surface area contributed by atoms with E-state index in [1.807, 2.05) is 30.3 Å². The number of benzene rings is 1. The molecule has 0 bridgehead atoms. The Kier molecular flexibility index (Phi) is 4.93. The van der Waals surface area contributed by atoms with Crippen LogP contribution in [0.4, 0.5) is 4.79 Å². The van der Waals surface area contributed by atoms with Gasteiger partial charge in [-0.05, 0) is 24.6 Å². The standard InChI is InChI=1S/C24H30N4O4/c1-24-11-12-25(2)22(24)26(3)19-10-9-17(13-18(19)24)28(23(30)31)20-15-32-27(21(20)29)14-16-7-5-4-6-8-16/h4-8,10-12,17-18,20,22H,9,13-15H2,1-3H3,(H,30,31)/t17?,18?,20-,22?,24?/m1/s1. The summed E-state index contributed by atoms with van der Waals surface area (Å²) in [6.07, 6.45) is 6.99. The highest BCUT2D eigenvalue weighted by atomic mass is 16.7. The lowest BCUT2D eigenvalue weighted by Crippen LogP contribution is -2.52. The Hall–Kier alpha value is -3.00. The molecule has 1 N–H and O–H groups in total. The Morgan fingerprint density at radius 2 is 2.03 bits per heavy atom. The fourth-order valence-corrected chi connectivity index (χ4v) is 6.17. The van der Waals surface area contributed by atoms with E-state index in [9.17, 15) is 14.7 Å². The van der Waals surface area contributed by atoms with E-state index in [1.165, 1.54) is 15.7 Å². The van der Waals surface area contributed by atoms with Crippen LogP contribution < -0.4 is 0 Å². The maximum absolute atomic E-state index is 13.1. The van der Waals surface area contributed by atoms with Gasteiger partial charge in [-0.25, -0.2) is 9.86 Å². The molecule has 5 rings (SSSR count). The minimum atomic E-state index is -1.07. The lowest BCUT2D eigenvalue weighted by atomic mass is 9.72. The molecule has 1 aromatic carbocycles. The molecule has 1 aliphatic carbocycles. The first-order valence-corrected chi connectivity index (χ1v) is 11.1. The number of carbonyl (C=O) groups excluding carboxylic acids is 1. The fraction of sp³-hybridized carbons (Fsp3) is 0.500. The Balaban J connectivity index is 1.36. The highest BCUT2D eigenvalue weighted by Gasteiger charge is 2.57. The van der Waals surface area contributed by atoms with Crippen LogP contribution in [0.1, 0.15) is 25.3 Å². The summed E-state index contributed by atoms with van der Waals surface area (Å²) in [5, 5.41) is 11.4. The monoisotopic (exact) mass is 438 g/mol. The lowest BCUT2D eigenvalue weighted by molar-refractivity contribution is -0.164. The van der Waals surface area contributed by atoms with Crippen LogP contribution >= 0.6 is 0 Å². The first kappa shape index (κ1) is 20.9. The second kappa shape index (κ2) is 7.55. The van der Waals surface area contributed by atoms with Crippen LogP contribution in [-0.2, 0) is 16.2 Å². The predicted octanol–water partition coefficient (Wildman–Crippen LogP) is 2.71. The zero-order valence-corrected chi connectivity index (χ0v) is 18.7. The molecule has 4 aliphatic rings. The summed E-state index contributed by atoms with van der Waals surface area (Å²) in [6, 6.07) is 8.49. The summed E-state index contributed by atoms with van der Waals surface area (Å²) in [5.41, 5.74) is 2.13. The SMILES string of the molecule is CN1C=CC2(C)C3CC(N(C(=O)O)[C@@H]4CON(Cc5ccccc5)C4=O)CC=C3N(C)C12. The summed E-state index contributed by atoms with van der Waals surface area (Å²) < 4.78 is 0. The molecular weight excluding hydrogens is 408 g/mol. The number of likely N-dealkylation sites (tertiary alicyclic amines) is 1.